The van der Waals surface area contributed by atoms with Gasteiger partial charge in [0.15, 0.2) is 5.84 Å². The van der Waals surface area contributed by atoms with Crippen molar-refractivity contribution in [3.8, 4) is 5.88 Å². The summed E-state index contributed by atoms with van der Waals surface area (Å²) in [6.45, 7) is 0.0859. The molecule has 98 valence electrons. The fourth-order valence-electron chi connectivity index (χ4n) is 1.44. The van der Waals surface area contributed by atoms with Crippen molar-refractivity contribution in [1.82, 2.24) is 4.98 Å². The number of oxime groups is 1. The van der Waals surface area contributed by atoms with Crippen molar-refractivity contribution in [2.45, 2.75) is 6.61 Å². The van der Waals surface area contributed by atoms with Crippen LogP contribution in [0, 0.1) is 5.82 Å². The fraction of sp³-hybridized carbons (Fsp3) is 0.0769. The molecule has 1 heterocycles. The predicted molar refractivity (Wildman–Crippen MR) is 67.5 cm³/mol. The average molecular weight is 261 g/mol. The highest BCUT2D eigenvalue weighted by Gasteiger charge is 2.04. The molecule has 0 saturated carbocycles. The molecule has 2 aromatic rings. The van der Waals surface area contributed by atoms with Gasteiger partial charge in [-0.05, 0) is 12.1 Å². The van der Waals surface area contributed by atoms with Gasteiger partial charge in [0.05, 0.1) is 0 Å². The van der Waals surface area contributed by atoms with Crippen molar-refractivity contribution in [1.29, 1.82) is 0 Å². The van der Waals surface area contributed by atoms with Crippen LogP contribution in [0.3, 0.4) is 0 Å². The van der Waals surface area contributed by atoms with Gasteiger partial charge in [0.25, 0.3) is 0 Å². The highest BCUT2D eigenvalue weighted by molar-refractivity contribution is 5.96. The highest BCUT2D eigenvalue weighted by atomic mass is 19.1. The molecule has 0 saturated heterocycles. The van der Waals surface area contributed by atoms with Gasteiger partial charge in [-0.25, -0.2) is 9.37 Å². The summed E-state index contributed by atoms with van der Waals surface area (Å²) in [6, 6.07) is 9.51. The summed E-state index contributed by atoms with van der Waals surface area (Å²) in [5.74, 6) is -0.0262. The van der Waals surface area contributed by atoms with Crippen molar-refractivity contribution in [3.05, 3.63) is 59.5 Å². The smallest absolute Gasteiger partial charge is 0.213 e. The van der Waals surface area contributed by atoms with E-state index in [0.717, 1.165) is 0 Å². The zero-order valence-corrected chi connectivity index (χ0v) is 9.95. The lowest BCUT2D eigenvalue weighted by Crippen LogP contribution is -2.13. The number of nitrogens with two attached hydrogens (primary N) is 1. The van der Waals surface area contributed by atoms with Crippen LogP contribution in [-0.4, -0.2) is 16.0 Å². The Labute approximate surface area is 109 Å². The first-order chi connectivity index (χ1) is 9.20. The van der Waals surface area contributed by atoms with Crippen LogP contribution < -0.4 is 10.5 Å². The van der Waals surface area contributed by atoms with Gasteiger partial charge >= 0.3 is 0 Å². The van der Waals surface area contributed by atoms with Crippen LogP contribution in [0.15, 0.2) is 47.8 Å². The summed E-state index contributed by atoms with van der Waals surface area (Å²) in [5.41, 5.74) is 6.32. The molecular weight excluding hydrogens is 249 g/mol. The summed E-state index contributed by atoms with van der Waals surface area (Å²) >= 11 is 0. The molecule has 1 aromatic carbocycles. The van der Waals surface area contributed by atoms with Crippen LogP contribution in [0.1, 0.15) is 11.1 Å². The summed E-state index contributed by atoms with van der Waals surface area (Å²) in [6.07, 6.45) is 1.41. The van der Waals surface area contributed by atoms with Crippen molar-refractivity contribution in [2.24, 2.45) is 10.9 Å². The van der Waals surface area contributed by atoms with E-state index >= 15 is 0 Å². The van der Waals surface area contributed by atoms with Gasteiger partial charge in [-0.3, -0.25) is 0 Å². The van der Waals surface area contributed by atoms with Crippen molar-refractivity contribution in [3.63, 3.8) is 0 Å². The molecule has 0 atom stereocenters. The van der Waals surface area contributed by atoms with E-state index in [4.69, 9.17) is 15.7 Å². The van der Waals surface area contributed by atoms with Gasteiger partial charge in [0, 0.05) is 23.4 Å². The van der Waals surface area contributed by atoms with Crippen LogP contribution in [-0.2, 0) is 6.61 Å². The Kier molecular flexibility index (Phi) is 3.92. The third kappa shape index (κ3) is 3.19. The molecular formula is C13H12FN3O2. The topological polar surface area (TPSA) is 80.7 Å². The van der Waals surface area contributed by atoms with Gasteiger partial charge in [-0.1, -0.05) is 23.4 Å². The number of ether oxygens (including phenoxy) is 1. The van der Waals surface area contributed by atoms with Gasteiger partial charge in [0.2, 0.25) is 5.88 Å². The minimum Gasteiger partial charge on any atom is -0.473 e. The van der Waals surface area contributed by atoms with Crippen LogP contribution >= 0.6 is 0 Å². The Morgan fingerprint density at radius 2 is 2.11 bits per heavy atom. The third-order valence-corrected chi connectivity index (χ3v) is 2.47. The molecule has 1 aromatic heterocycles. The zero-order chi connectivity index (χ0) is 13.7. The Hall–Kier alpha value is -2.63. The largest absolute Gasteiger partial charge is 0.473 e. The summed E-state index contributed by atoms with van der Waals surface area (Å²) in [7, 11) is 0. The average Bonchev–Trinajstić information content (AvgIpc) is 2.46. The molecule has 5 nitrogen and oxygen atoms in total. The maximum Gasteiger partial charge on any atom is 0.213 e. The number of nitrogens with zero attached hydrogens (tertiary/aromatic N) is 2. The quantitative estimate of drug-likeness (QED) is 0.381. The number of halogens is 1. The number of rotatable bonds is 4. The number of hydrogen-bond donors (Lipinski definition) is 2. The monoisotopic (exact) mass is 261 g/mol. The maximum atomic E-state index is 13.3. The Morgan fingerprint density at radius 3 is 2.74 bits per heavy atom. The van der Waals surface area contributed by atoms with Crippen LogP contribution in [0.5, 0.6) is 5.88 Å². The number of benzene rings is 1. The number of hydrogen-bond acceptors (Lipinski definition) is 4. The molecule has 6 heteroatoms. The van der Waals surface area contributed by atoms with E-state index in [9.17, 15) is 4.39 Å². The third-order valence-electron chi connectivity index (χ3n) is 2.47. The Balaban J connectivity index is 2.03. The minimum absolute atomic E-state index is 0.0341. The van der Waals surface area contributed by atoms with E-state index in [2.05, 4.69) is 10.1 Å². The number of pyridine rings is 1. The number of amidine groups is 1. The summed E-state index contributed by atoms with van der Waals surface area (Å²) in [5, 5.41) is 11.4. The van der Waals surface area contributed by atoms with E-state index in [0.29, 0.717) is 17.0 Å². The first kappa shape index (κ1) is 12.8. The molecule has 0 amide bonds. The van der Waals surface area contributed by atoms with Crippen molar-refractivity contribution < 1.29 is 14.3 Å². The normalized spacial score (nSPS) is 11.3. The molecule has 0 aliphatic rings. The molecule has 0 aliphatic heterocycles. The van der Waals surface area contributed by atoms with Crippen molar-refractivity contribution in [2.75, 3.05) is 0 Å². The SMILES string of the molecule is NC(=NO)c1ccc(OCc2ccccc2F)nc1. The van der Waals surface area contributed by atoms with Crippen LogP contribution in [0.25, 0.3) is 0 Å². The van der Waals surface area contributed by atoms with Gasteiger partial charge in [-0.15, -0.1) is 0 Å². The fourth-order valence-corrected chi connectivity index (χ4v) is 1.44. The molecule has 3 N–H and O–H groups in total. The summed E-state index contributed by atoms with van der Waals surface area (Å²) < 4.78 is 18.7. The second-order valence-electron chi connectivity index (χ2n) is 3.75. The second-order valence-corrected chi connectivity index (χ2v) is 3.75. The highest BCUT2D eigenvalue weighted by Crippen LogP contribution is 2.12. The second kappa shape index (κ2) is 5.81. The standard InChI is InChI=1S/C13H12FN3O2/c14-11-4-2-1-3-10(11)8-19-12-6-5-9(7-16-12)13(15)17-18/h1-7,18H,8H2,(H2,15,17). The molecule has 0 fully saturated rings. The maximum absolute atomic E-state index is 13.3. The van der Waals surface area contributed by atoms with E-state index in [1.165, 1.54) is 12.3 Å². The van der Waals surface area contributed by atoms with Crippen LogP contribution in [0.2, 0.25) is 0 Å². The molecule has 0 unspecified atom stereocenters. The van der Waals surface area contributed by atoms with Crippen LogP contribution in [0.4, 0.5) is 4.39 Å². The predicted octanol–water partition coefficient (Wildman–Crippen LogP) is 1.89. The van der Waals surface area contributed by atoms with E-state index in [1.54, 1.807) is 30.3 Å². The summed E-state index contributed by atoms with van der Waals surface area (Å²) in [4.78, 5) is 3.98. The zero-order valence-electron chi connectivity index (χ0n) is 9.95. The molecule has 19 heavy (non-hydrogen) atoms. The molecule has 0 bridgehead atoms. The van der Waals surface area contributed by atoms with Crippen molar-refractivity contribution >= 4 is 5.84 Å². The first-order valence-electron chi connectivity index (χ1n) is 5.51. The molecule has 0 aliphatic carbocycles. The first-order valence-corrected chi connectivity index (χ1v) is 5.51. The van der Waals surface area contributed by atoms with E-state index in [-0.39, 0.29) is 18.3 Å². The van der Waals surface area contributed by atoms with Gasteiger partial charge in [0.1, 0.15) is 12.4 Å². The lowest BCUT2D eigenvalue weighted by atomic mass is 10.2. The molecule has 0 radical (unpaired) electrons. The van der Waals surface area contributed by atoms with E-state index < -0.39 is 0 Å². The Morgan fingerprint density at radius 1 is 1.32 bits per heavy atom. The van der Waals surface area contributed by atoms with E-state index in [1.807, 2.05) is 0 Å². The minimum atomic E-state index is -0.323. The number of aromatic nitrogens is 1. The molecule has 2 rings (SSSR count). The van der Waals surface area contributed by atoms with Gasteiger partial charge < -0.3 is 15.7 Å². The Bertz CT molecular complexity index is 585. The lowest BCUT2D eigenvalue weighted by Gasteiger charge is -2.06. The molecule has 0 spiro atoms. The van der Waals surface area contributed by atoms with Gasteiger partial charge in [-0.2, -0.15) is 0 Å². The lowest BCUT2D eigenvalue weighted by molar-refractivity contribution is 0.288.